The number of carbonyl (C=O) groups is 1. The summed E-state index contributed by atoms with van der Waals surface area (Å²) in [7, 11) is 0. The summed E-state index contributed by atoms with van der Waals surface area (Å²) in [5.41, 5.74) is 15.1. The molecule has 2 heterocycles. The minimum absolute atomic E-state index is 0.106. The number of carbonyl (C=O) groups excluding carboxylic acids is 1. The Morgan fingerprint density at radius 1 is 1.15 bits per heavy atom. The molecule has 1 aliphatic heterocycles. The Morgan fingerprint density at radius 2 is 1.85 bits per heavy atom. The van der Waals surface area contributed by atoms with E-state index in [2.05, 4.69) is 29.1 Å². The van der Waals surface area contributed by atoms with Crippen molar-refractivity contribution in [2.45, 2.75) is 32.6 Å². The summed E-state index contributed by atoms with van der Waals surface area (Å²) in [5, 5.41) is 3.93. The number of hydrogen-bond donors (Lipinski definition) is 3. The van der Waals surface area contributed by atoms with Crippen LogP contribution in [0.25, 0.3) is 0 Å². The molecule has 1 aliphatic carbocycles. The smallest absolute Gasteiger partial charge is 0.223 e. The second kappa shape index (κ2) is 5.71. The van der Waals surface area contributed by atoms with Crippen LogP contribution in [-0.2, 0) is 4.79 Å². The van der Waals surface area contributed by atoms with Crippen molar-refractivity contribution in [3.8, 4) is 0 Å². The number of nitrogens with one attached hydrogen (secondary N) is 1. The van der Waals surface area contributed by atoms with Crippen molar-refractivity contribution in [2.75, 3.05) is 16.8 Å². The molecule has 0 spiro atoms. The third kappa shape index (κ3) is 2.70. The van der Waals surface area contributed by atoms with E-state index in [0.29, 0.717) is 22.8 Å². The molecule has 7 heteroatoms. The van der Waals surface area contributed by atoms with Gasteiger partial charge in [-0.1, -0.05) is 37.6 Å². The third-order valence-corrected chi connectivity index (χ3v) is 5.21. The SMILES string of the molecule is CC1(C)CC(=O)C2=C(C1)Nc1nc(N)nc(N)c1[C@@H]2c1ccc(Cl)cc1. The first-order chi connectivity index (χ1) is 12.2. The zero-order valence-corrected chi connectivity index (χ0v) is 15.4. The molecule has 26 heavy (non-hydrogen) atoms. The second-order valence-corrected chi connectivity index (χ2v) is 8.11. The number of fused-ring (bicyclic) bond motifs is 1. The Morgan fingerprint density at radius 3 is 2.54 bits per heavy atom. The van der Waals surface area contributed by atoms with Crippen LogP contribution >= 0.6 is 11.6 Å². The van der Waals surface area contributed by atoms with Gasteiger partial charge in [-0.05, 0) is 29.5 Å². The predicted molar refractivity (Wildman–Crippen MR) is 103 cm³/mol. The quantitative estimate of drug-likeness (QED) is 0.710. The summed E-state index contributed by atoms with van der Waals surface area (Å²) in [6.45, 7) is 4.18. The summed E-state index contributed by atoms with van der Waals surface area (Å²) < 4.78 is 0. The molecule has 5 N–H and O–H groups in total. The van der Waals surface area contributed by atoms with Crippen molar-refractivity contribution in [1.29, 1.82) is 0 Å². The van der Waals surface area contributed by atoms with Crippen LogP contribution in [0.3, 0.4) is 0 Å². The molecule has 1 aromatic carbocycles. The van der Waals surface area contributed by atoms with Gasteiger partial charge in [0.2, 0.25) is 5.95 Å². The number of aromatic nitrogens is 2. The van der Waals surface area contributed by atoms with Crippen LogP contribution in [0.4, 0.5) is 17.6 Å². The number of nitrogens with two attached hydrogens (primary N) is 2. The molecule has 0 saturated heterocycles. The maximum absolute atomic E-state index is 13.1. The monoisotopic (exact) mass is 369 g/mol. The lowest BCUT2D eigenvalue weighted by Crippen LogP contribution is -2.34. The fourth-order valence-corrected chi connectivity index (χ4v) is 4.07. The van der Waals surface area contributed by atoms with E-state index in [-0.39, 0.29) is 28.9 Å². The first-order valence-corrected chi connectivity index (χ1v) is 8.84. The van der Waals surface area contributed by atoms with E-state index in [1.54, 1.807) is 0 Å². The lowest BCUT2D eigenvalue weighted by molar-refractivity contribution is -0.118. The highest BCUT2D eigenvalue weighted by Crippen LogP contribution is 2.49. The third-order valence-electron chi connectivity index (χ3n) is 4.96. The van der Waals surface area contributed by atoms with Gasteiger partial charge in [0.25, 0.3) is 0 Å². The summed E-state index contributed by atoms with van der Waals surface area (Å²) in [4.78, 5) is 21.5. The van der Waals surface area contributed by atoms with Gasteiger partial charge in [0, 0.05) is 34.2 Å². The molecule has 6 nitrogen and oxygen atoms in total. The van der Waals surface area contributed by atoms with Crippen LogP contribution in [0.5, 0.6) is 0 Å². The average molecular weight is 370 g/mol. The maximum Gasteiger partial charge on any atom is 0.223 e. The van der Waals surface area contributed by atoms with Crippen molar-refractivity contribution in [3.05, 3.63) is 51.7 Å². The number of nitrogens with zero attached hydrogens (tertiary/aromatic N) is 2. The van der Waals surface area contributed by atoms with Crippen LogP contribution in [0.2, 0.25) is 5.02 Å². The van der Waals surface area contributed by atoms with Gasteiger partial charge in [0.05, 0.1) is 0 Å². The van der Waals surface area contributed by atoms with Crippen molar-refractivity contribution >= 4 is 35.0 Å². The van der Waals surface area contributed by atoms with Crippen LogP contribution in [0.1, 0.15) is 43.7 Å². The first-order valence-electron chi connectivity index (χ1n) is 8.47. The molecule has 0 bridgehead atoms. The molecule has 0 fully saturated rings. The zero-order valence-electron chi connectivity index (χ0n) is 14.6. The number of nitrogen functional groups attached to an aromatic ring is 2. The molecule has 134 valence electrons. The Labute approximate surface area is 156 Å². The standard InChI is InChI=1S/C19H20ClN5O/c1-19(2)7-11-14(12(26)8-19)13(9-3-5-10(20)6-4-9)15-16(21)24-18(22)25-17(15)23-11/h3-6,13H,7-8H2,1-2H3,(H5,21,22,23,24,25)/t13-/m1/s1. The lowest BCUT2D eigenvalue weighted by atomic mass is 9.69. The number of anilines is 3. The molecule has 0 unspecified atom stereocenters. The van der Waals surface area contributed by atoms with Gasteiger partial charge in [-0.15, -0.1) is 0 Å². The Hall–Kier alpha value is -2.60. The highest BCUT2D eigenvalue weighted by atomic mass is 35.5. The molecule has 2 aliphatic rings. The number of benzene rings is 1. The zero-order chi connectivity index (χ0) is 18.6. The van der Waals surface area contributed by atoms with Crippen LogP contribution < -0.4 is 16.8 Å². The number of ketones is 1. The van der Waals surface area contributed by atoms with E-state index in [9.17, 15) is 4.79 Å². The molecule has 0 radical (unpaired) electrons. The molecule has 1 aromatic heterocycles. The Kier molecular flexibility index (Phi) is 3.70. The Balaban J connectivity index is 1.97. The topological polar surface area (TPSA) is 107 Å². The summed E-state index contributed by atoms with van der Waals surface area (Å²) >= 11 is 6.05. The molecule has 2 aromatic rings. The van der Waals surface area contributed by atoms with Crippen molar-refractivity contribution in [2.24, 2.45) is 5.41 Å². The van der Waals surface area contributed by atoms with Gasteiger partial charge >= 0.3 is 0 Å². The number of rotatable bonds is 1. The van der Waals surface area contributed by atoms with Gasteiger partial charge in [-0.25, -0.2) is 0 Å². The van der Waals surface area contributed by atoms with Crippen molar-refractivity contribution < 1.29 is 4.79 Å². The minimum atomic E-state index is -0.331. The summed E-state index contributed by atoms with van der Waals surface area (Å²) in [6.07, 6.45) is 1.24. The number of hydrogen-bond acceptors (Lipinski definition) is 6. The normalized spacial score (nSPS) is 21.0. The fourth-order valence-electron chi connectivity index (χ4n) is 3.94. The van der Waals surface area contributed by atoms with Gasteiger partial charge in [0.15, 0.2) is 5.78 Å². The molecular weight excluding hydrogens is 350 g/mol. The van der Waals surface area contributed by atoms with E-state index < -0.39 is 0 Å². The highest BCUT2D eigenvalue weighted by molar-refractivity contribution is 6.30. The Bertz CT molecular complexity index is 949. The molecule has 1 atom stereocenters. The average Bonchev–Trinajstić information content (AvgIpc) is 2.52. The van der Waals surface area contributed by atoms with Crippen LogP contribution in [0, 0.1) is 5.41 Å². The first kappa shape index (κ1) is 16.8. The minimum Gasteiger partial charge on any atom is -0.383 e. The highest BCUT2D eigenvalue weighted by Gasteiger charge is 2.42. The van der Waals surface area contributed by atoms with Crippen LogP contribution in [0.15, 0.2) is 35.5 Å². The van der Waals surface area contributed by atoms with E-state index in [4.69, 9.17) is 23.1 Å². The van der Waals surface area contributed by atoms with Crippen LogP contribution in [-0.4, -0.2) is 15.8 Å². The summed E-state index contributed by atoms with van der Waals surface area (Å²) in [5.74, 6) is 0.741. The van der Waals surface area contributed by atoms with Gasteiger partial charge in [-0.3, -0.25) is 4.79 Å². The van der Waals surface area contributed by atoms with Crippen molar-refractivity contribution in [1.82, 2.24) is 9.97 Å². The molecule has 0 amide bonds. The van der Waals surface area contributed by atoms with E-state index >= 15 is 0 Å². The molecule has 4 rings (SSSR count). The van der Waals surface area contributed by atoms with Gasteiger partial charge in [0.1, 0.15) is 11.6 Å². The van der Waals surface area contributed by atoms with Crippen molar-refractivity contribution in [3.63, 3.8) is 0 Å². The van der Waals surface area contributed by atoms with Gasteiger partial charge < -0.3 is 16.8 Å². The second-order valence-electron chi connectivity index (χ2n) is 7.67. The number of halogens is 1. The molecular formula is C19H20ClN5O. The predicted octanol–water partition coefficient (Wildman–Crippen LogP) is 3.50. The largest absolute Gasteiger partial charge is 0.383 e. The van der Waals surface area contributed by atoms with E-state index in [1.165, 1.54) is 0 Å². The fraction of sp³-hybridized carbons (Fsp3) is 0.316. The maximum atomic E-state index is 13.1. The van der Waals surface area contributed by atoms with Gasteiger partial charge in [-0.2, -0.15) is 9.97 Å². The molecule has 0 saturated carbocycles. The number of Topliss-reactive ketones (excluding diaryl/α,β-unsaturated/α-hetero) is 1. The van der Waals surface area contributed by atoms with E-state index in [1.807, 2.05) is 24.3 Å². The number of allylic oxidation sites excluding steroid dienone is 2. The summed E-state index contributed by atoms with van der Waals surface area (Å²) in [6, 6.07) is 7.44. The lowest BCUT2D eigenvalue weighted by Gasteiger charge is -2.39. The van der Waals surface area contributed by atoms with E-state index in [0.717, 1.165) is 23.3 Å².